The fraction of sp³-hybridized carbons (Fsp3) is 0.500. The lowest BCUT2D eigenvalue weighted by Gasteiger charge is -2.36. The van der Waals surface area contributed by atoms with E-state index < -0.39 is 6.04 Å². The molecule has 2 amide bonds. The Hall–Kier alpha value is -2.86. The van der Waals surface area contributed by atoms with Crippen LogP contribution < -0.4 is 15.5 Å². The van der Waals surface area contributed by atoms with E-state index in [-0.39, 0.29) is 24.2 Å². The largest absolute Gasteiger partial charge is 0.369 e. The topological polar surface area (TPSA) is 64.7 Å². The summed E-state index contributed by atoms with van der Waals surface area (Å²) in [5.74, 6) is -0.183. The van der Waals surface area contributed by atoms with Gasteiger partial charge in [0.2, 0.25) is 11.8 Å². The van der Waals surface area contributed by atoms with Crippen molar-refractivity contribution in [3.05, 3.63) is 65.7 Å². The van der Waals surface area contributed by atoms with E-state index >= 15 is 0 Å². The fourth-order valence-corrected chi connectivity index (χ4v) is 4.38. The summed E-state index contributed by atoms with van der Waals surface area (Å²) in [4.78, 5) is 30.1. The average molecular weight is 465 g/mol. The molecule has 1 heterocycles. The van der Waals surface area contributed by atoms with Crippen LogP contribution in [0.2, 0.25) is 0 Å². The molecule has 0 aromatic heterocycles. The minimum atomic E-state index is -0.508. The third-order valence-corrected chi connectivity index (χ3v) is 6.41. The zero-order chi connectivity index (χ0) is 24.3. The van der Waals surface area contributed by atoms with E-state index in [1.54, 1.807) is 0 Å². The third kappa shape index (κ3) is 8.17. The number of rotatable bonds is 11. The van der Waals surface area contributed by atoms with Crippen LogP contribution in [0.4, 0.5) is 5.69 Å². The van der Waals surface area contributed by atoms with Gasteiger partial charge in [-0.2, -0.15) is 0 Å². The number of hydrogen-bond acceptors (Lipinski definition) is 4. The Bertz CT molecular complexity index is 908. The highest BCUT2D eigenvalue weighted by Crippen LogP contribution is 2.18. The maximum Gasteiger partial charge on any atom is 0.242 e. The Kier molecular flexibility index (Phi) is 9.95. The molecule has 3 rings (SSSR count). The van der Waals surface area contributed by atoms with Gasteiger partial charge < -0.3 is 15.5 Å². The van der Waals surface area contributed by atoms with Gasteiger partial charge in [-0.1, -0.05) is 56.3 Å². The first-order chi connectivity index (χ1) is 16.4. The highest BCUT2D eigenvalue weighted by Gasteiger charge is 2.24. The molecule has 6 nitrogen and oxygen atoms in total. The van der Waals surface area contributed by atoms with Gasteiger partial charge in [-0.25, -0.2) is 0 Å². The molecule has 0 spiro atoms. The molecule has 6 heteroatoms. The Morgan fingerprint density at radius 3 is 2.35 bits per heavy atom. The number of piperazine rings is 1. The number of benzene rings is 2. The molecule has 1 atom stereocenters. The molecular weight excluding hydrogens is 424 g/mol. The molecule has 184 valence electrons. The lowest BCUT2D eigenvalue weighted by molar-refractivity contribution is -0.129. The van der Waals surface area contributed by atoms with Gasteiger partial charge in [0.25, 0.3) is 0 Å². The predicted molar refractivity (Wildman–Crippen MR) is 139 cm³/mol. The van der Waals surface area contributed by atoms with Crippen LogP contribution in [0.25, 0.3) is 0 Å². The van der Waals surface area contributed by atoms with Crippen molar-refractivity contribution < 1.29 is 9.59 Å². The van der Waals surface area contributed by atoms with Gasteiger partial charge in [-0.05, 0) is 55.5 Å². The van der Waals surface area contributed by atoms with Crippen LogP contribution in [0.5, 0.6) is 0 Å². The second kappa shape index (κ2) is 13.1. The second-order valence-corrected chi connectivity index (χ2v) is 9.62. The van der Waals surface area contributed by atoms with Crippen molar-refractivity contribution in [3.63, 3.8) is 0 Å². The van der Waals surface area contributed by atoms with E-state index in [0.717, 1.165) is 51.1 Å². The summed E-state index contributed by atoms with van der Waals surface area (Å²) in [6, 6.07) is 17.8. The second-order valence-electron chi connectivity index (χ2n) is 9.62. The van der Waals surface area contributed by atoms with Crippen LogP contribution in [0.15, 0.2) is 54.6 Å². The summed E-state index contributed by atoms with van der Waals surface area (Å²) >= 11 is 0. The van der Waals surface area contributed by atoms with Gasteiger partial charge in [0.05, 0.1) is 6.42 Å². The van der Waals surface area contributed by atoms with Gasteiger partial charge in [-0.15, -0.1) is 0 Å². The van der Waals surface area contributed by atoms with Gasteiger partial charge in [0.1, 0.15) is 6.04 Å². The zero-order valence-corrected chi connectivity index (χ0v) is 20.9. The van der Waals surface area contributed by atoms with Crippen molar-refractivity contribution in [1.82, 2.24) is 15.5 Å². The Labute approximate surface area is 204 Å². The summed E-state index contributed by atoms with van der Waals surface area (Å²) in [6.07, 6.45) is 2.28. The van der Waals surface area contributed by atoms with Crippen molar-refractivity contribution in [2.24, 2.45) is 5.92 Å². The van der Waals surface area contributed by atoms with E-state index in [0.29, 0.717) is 6.54 Å². The van der Waals surface area contributed by atoms with Crippen molar-refractivity contribution in [2.45, 2.75) is 46.1 Å². The first-order valence-corrected chi connectivity index (χ1v) is 12.6. The quantitative estimate of drug-likeness (QED) is 0.501. The van der Waals surface area contributed by atoms with Crippen molar-refractivity contribution >= 4 is 17.5 Å². The number of amides is 2. The standard InChI is InChI=1S/C28H40N4O2/c1-22(2)27(30-26(33)21-24-11-5-4-6-12-24)28(34)29-14-7-8-15-31-16-18-32(19-17-31)25-13-9-10-23(3)20-25/h4-6,9-13,20,22,27H,7-8,14-19,21H2,1-3H3,(H,29,34)(H,30,33). The summed E-state index contributed by atoms with van der Waals surface area (Å²) in [5.41, 5.74) is 3.57. The maximum atomic E-state index is 12.7. The molecule has 1 aliphatic rings. The molecule has 2 N–H and O–H groups in total. The number of aryl methyl sites for hydroxylation is 1. The number of nitrogens with one attached hydrogen (secondary N) is 2. The highest BCUT2D eigenvalue weighted by atomic mass is 16.2. The van der Waals surface area contributed by atoms with Crippen LogP contribution in [0, 0.1) is 12.8 Å². The van der Waals surface area contributed by atoms with E-state index in [1.165, 1.54) is 11.3 Å². The van der Waals surface area contributed by atoms with Gasteiger partial charge in [0, 0.05) is 38.4 Å². The number of nitrogens with zero attached hydrogens (tertiary/aromatic N) is 2. The van der Waals surface area contributed by atoms with Crippen molar-refractivity contribution in [3.8, 4) is 0 Å². The van der Waals surface area contributed by atoms with Crippen LogP contribution in [-0.2, 0) is 16.0 Å². The SMILES string of the molecule is Cc1cccc(N2CCN(CCCCNC(=O)C(NC(=O)Cc3ccccc3)C(C)C)CC2)c1. The molecule has 1 fully saturated rings. The van der Waals surface area contributed by atoms with Gasteiger partial charge in [0.15, 0.2) is 0 Å². The summed E-state index contributed by atoms with van der Waals surface area (Å²) in [5, 5.41) is 5.94. The minimum absolute atomic E-state index is 0.0319. The monoisotopic (exact) mass is 464 g/mol. The van der Waals surface area contributed by atoms with Crippen molar-refractivity contribution in [2.75, 3.05) is 44.2 Å². The third-order valence-electron chi connectivity index (χ3n) is 6.41. The average Bonchev–Trinajstić information content (AvgIpc) is 2.83. The maximum absolute atomic E-state index is 12.7. The molecule has 0 bridgehead atoms. The lowest BCUT2D eigenvalue weighted by atomic mass is 10.0. The number of hydrogen-bond donors (Lipinski definition) is 2. The van der Waals surface area contributed by atoms with E-state index in [9.17, 15) is 9.59 Å². The normalized spacial score (nSPS) is 15.2. The molecular formula is C28H40N4O2. The molecule has 1 aliphatic heterocycles. The first kappa shape index (κ1) is 25.8. The van der Waals surface area contributed by atoms with Crippen LogP contribution in [0.3, 0.4) is 0 Å². The summed E-state index contributed by atoms with van der Waals surface area (Å²) in [6.45, 7) is 12.0. The van der Waals surface area contributed by atoms with E-state index in [2.05, 4.69) is 51.6 Å². The zero-order valence-electron chi connectivity index (χ0n) is 20.9. The smallest absolute Gasteiger partial charge is 0.242 e. The number of anilines is 1. The molecule has 1 unspecified atom stereocenters. The number of carbonyl (C=O) groups is 2. The molecule has 1 saturated heterocycles. The fourth-order valence-electron chi connectivity index (χ4n) is 4.38. The lowest BCUT2D eigenvalue weighted by Crippen LogP contribution is -2.50. The van der Waals surface area contributed by atoms with Crippen molar-refractivity contribution in [1.29, 1.82) is 0 Å². The number of unbranched alkanes of at least 4 members (excludes halogenated alkanes) is 1. The van der Waals surface area contributed by atoms with Crippen LogP contribution in [-0.4, -0.2) is 62.0 Å². The number of carbonyl (C=O) groups excluding carboxylic acids is 2. The van der Waals surface area contributed by atoms with Gasteiger partial charge in [-0.3, -0.25) is 14.5 Å². The molecule has 34 heavy (non-hydrogen) atoms. The van der Waals surface area contributed by atoms with Crippen LogP contribution in [0.1, 0.15) is 37.8 Å². The molecule has 2 aromatic rings. The first-order valence-electron chi connectivity index (χ1n) is 12.6. The minimum Gasteiger partial charge on any atom is -0.369 e. The van der Waals surface area contributed by atoms with E-state index in [4.69, 9.17) is 0 Å². The highest BCUT2D eigenvalue weighted by molar-refractivity contribution is 5.88. The Morgan fingerprint density at radius 2 is 1.68 bits per heavy atom. The molecule has 0 saturated carbocycles. The predicted octanol–water partition coefficient (Wildman–Crippen LogP) is 3.40. The van der Waals surface area contributed by atoms with E-state index in [1.807, 2.05) is 44.2 Å². The molecule has 2 aromatic carbocycles. The Morgan fingerprint density at radius 1 is 0.941 bits per heavy atom. The van der Waals surface area contributed by atoms with Crippen LogP contribution >= 0.6 is 0 Å². The summed E-state index contributed by atoms with van der Waals surface area (Å²) < 4.78 is 0. The van der Waals surface area contributed by atoms with Gasteiger partial charge >= 0.3 is 0 Å². The molecule has 0 radical (unpaired) electrons. The Balaban J connectivity index is 1.32. The summed E-state index contributed by atoms with van der Waals surface area (Å²) in [7, 11) is 0. The molecule has 0 aliphatic carbocycles.